The van der Waals surface area contributed by atoms with Gasteiger partial charge in [-0.2, -0.15) is 13.2 Å². The number of amides is 3. The molecular formula is C38H34F6N4O7. The zero-order valence-corrected chi connectivity index (χ0v) is 30.1. The third kappa shape index (κ3) is 8.66. The molecule has 290 valence electrons. The Bertz CT molecular complexity index is 2140. The summed E-state index contributed by atoms with van der Waals surface area (Å²) >= 11 is 0. The van der Waals surface area contributed by atoms with Crippen molar-refractivity contribution in [1.82, 2.24) is 9.88 Å². The highest BCUT2D eigenvalue weighted by molar-refractivity contribution is 6.34. The number of rotatable bonds is 11. The molecule has 0 unspecified atom stereocenters. The van der Waals surface area contributed by atoms with Crippen molar-refractivity contribution in [3.05, 3.63) is 112 Å². The Kier molecular flexibility index (Phi) is 11.4. The Hall–Kier alpha value is -6.13. The van der Waals surface area contributed by atoms with Crippen molar-refractivity contribution in [3.8, 4) is 5.88 Å². The first-order chi connectivity index (χ1) is 25.8. The maximum atomic E-state index is 15.4. The molecule has 0 saturated heterocycles. The number of hydrogen-bond acceptors (Lipinski definition) is 9. The van der Waals surface area contributed by atoms with Crippen molar-refractivity contribution in [2.24, 2.45) is 0 Å². The zero-order valence-electron chi connectivity index (χ0n) is 30.1. The molecule has 5 rings (SSSR count). The normalized spacial score (nSPS) is 12.7. The molecule has 1 aromatic heterocycles. The molecule has 0 atom stereocenters. The summed E-state index contributed by atoms with van der Waals surface area (Å²) in [5, 5.41) is 2.49. The number of fused-ring (bicyclic) bond motifs is 1. The number of nitrogens with zero attached hydrogens (tertiary/aromatic N) is 3. The summed E-state index contributed by atoms with van der Waals surface area (Å²) in [6.45, 7) is 4.23. The lowest BCUT2D eigenvalue weighted by Gasteiger charge is -2.28. The largest absolute Gasteiger partial charge is 0.481 e. The fourth-order valence-electron chi connectivity index (χ4n) is 5.78. The average Bonchev–Trinajstić information content (AvgIpc) is 3.37. The van der Waals surface area contributed by atoms with Gasteiger partial charge < -0.3 is 24.4 Å². The number of carbonyl (C=O) groups is 4. The number of hydrogen-bond donors (Lipinski definition) is 1. The fraction of sp³-hybridized carbons (Fsp3) is 0.289. The molecule has 3 amide bonds. The van der Waals surface area contributed by atoms with Crippen molar-refractivity contribution in [2.45, 2.75) is 51.9 Å². The summed E-state index contributed by atoms with van der Waals surface area (Å²) in [5.41, 5.74) is -4.23. The molecule has 3 aromatic carbocycles. The van der Waals surface area contributed by atoms with Crippen molar-refractivity contribution in [3.63, 3.8) is 0 Å². The number of esters is 1. The van der Waals surface area contributed by atoms with Crippen LogP contribution >= 0.6 is 0 Å². The predicted molar refractivity (Wildman–Crippen MR) is 186 cm³/mol. The Morgan fingerprint density at radius 2 is 1.53 bits per heavy atom. The van der Waals surface area contributed by atoms with Gasteiger partial charge >= 0.3 is 18.2 Å². The molecule has 0 radical (unpaired) electrons. The molecule has 1 N–H and O–H groups in total. The van der Waals surface area contributed by atoms with E-state index in [0.717, 1.165) is 23.0 Å². The second-order valence-corrected chi connectivity index (χ2v) is 13.2. The van der Waals surface area contributed by atoms with E-state index in [1.165, 1.54) is 31.4 Å². The van der Waals surface area contributed by atoms with E-state index in [9.17, 15) is 41.1 Å². The SMILES string of the molecule is COC(=O)c1cc(F)c(C(F)(F)F)cc1Nc1ccc(F)c(F)c1CCCN(Cc1nc(OC)ccc1N1C(=O)c2ccccc2C1=O)C(=O)OC(C)(C)C. The van der Waals surface area contributed by atoms with E-state index in [2.05, 4.69) is 15.0 Å². The van der Waals surface area contributed by atoms with Crippen molar-refractivity contribution < 1.29 is 59.7 Å². The molecule has 0 bridgehead atoms. The molecule has 11 nitrogen and oxygen atoms in total. The van der Waals surface area contributed by atoms with Gasteiger partial charge in [0, 0.05) is 23.9 Å². The van der Waals surface area contributed by atoms with Crippen LogP contribution in [0.5, 0.6) is 5.88 Å². The van der Waals surface area contributed by atoms with Gasteiger partial charge in [0.05, 0.1) is 60.1 Å². The second kappa shape index (κ2) is 15.7. The van der Waals surface area contributed by atoms with Crippen LogP contribution in [0.1, 0.15) is 75.1 Å². The van der Waals surface area contributed by atoms with Crippen LogP contribution in [0.3, 0.4) is 0 Å². The van der Waals surface area contributed by atoms with E-state index in [0.29, 0.717) is 18.2 Å². The van der Waals surface area contributed by atoms with Gasteiger partial charge in [-0.3, -0.25) is 9.59 Å². The maximum Gasteiger partial charge on any atom is 0.419 e. The number of aromatic nitrogens is 1. The molecule has 2 heterocycles. The first-order valence-electron chi connectivity index (χ1n) is 16.6. The number of benzene rings is 3. The first kappa shape index (κ1) is 40.1. The summed E-state index contributed by atoms with van der Waals surface area (Å²) in [5.74, 6) is -6.83. The van der Waals surface area contributed by atoms with Gasteiger partial charge in [0.25, 0.3) is 11.8 Å². The van der Waals surface area contributed by atoms with E-state index in [4.69, 9.17) is 9.47 Å². The second-order valence-electron chi connectivity index (χ2n) is 13.2. The molecule has 0 spiro atoms. The van der Waals surface area contributed by atoms with E-state index < -0.39 is 69.9 Å². The number of halogens is 6. The number of imide groups is 1. The van der Waals surface area contributed by atoms with Gasteiger partial charge in [0.2, 0.25) is 5.88 Å². The predicted octanol–water partition coefficient (Wildman–Crippen LogP) is 8.23. The number of alkyl halides is 3. The van der Waals surface area contributed by atoms with Gasteiger partial charge in [-0.05, 0) is 76.1 Å². The summed E-state index contributed by atoms with van der Waals surface area (Å²) < 4.78 is 101. The topological polar surface area (TPSA) is 127 Å². The highest BCUT2D eigenvalue weighted by Gasteiger charge is 2.39. The highest BCUT2D eigenvalue weighted by Crippen LogP contribution is 2.37. The van der Waals surface area contributed by atoms with Crippen molar-refractivity contribution >= 4 is 40.9 Å². The number of nitrogens with one attached hydrogen (secondary N) is 1. The Labute approximate surface area is 310 Å². The van der Waals surface area contributed by atoms with E-state index in [1.807, 2.05) is 0 Å². The lowest BCUT2D eigenvalue weighted by atomic mass is 10.0. The maximum absolute atomic E-state index is 15.4. The van der Waals surface area contributed by atoms with Crippen LogP contribution in [0.15, 0.2) is 60.7 Å². The highest BCUT2D eigenvalue weighted by atomic mass is 19.4. The standard InChI is InChI=1S/C38H34F6N4O7/c1-37(2,3)55-36(52)47(19-29-30(14-15-31(46-29)53-4)48-33(49)20-9-6-7-10-21(20)34(48)50)16-8-11-22-27(13-12-25(39)32(22)41)45-28-18-24(38(42,43)44)26(40)17-23(28)35(51)54-5/h6-7,9-10,12-15,17-18,45H,8,11,16,19H2,1-5H3. The molecular weight excluding hydrogens is 738 g/mol. The zero-order chi connectivity index (χ0) is 40.4. The van der Waals surface area contributed by atoms with Crippen LogP contribution in [-0.4, -0.2) is 60.1 Å². The molecule has 1 aliphatic heterocycles. The summed E-state index contributed by atoms with van der Waals surface area (Å²) in [4.78, 5) is 59.3. The van der Waals surface area contributed by atoms with E-state index >= 15 is 4.39 Å². The van der Waals surface area contributed by atoms with Gasteiger partial charge in [0.1, 0.15) is 11.4 Å². The number of pyridine rings is 1. The van der Waals surface area contributed by atoms with Crippen molar-refractivity contribution in [1.29, 1.82) is 0 Å². The summed E-state index contributed by atoms with van der Waals surface area (Å²) in [6.07, 6.45) is -6.52. The Balaban J connectivity index is 1.48. The third-order valence-corrected chi connectivity index (χ3v) is 8.30. The monoisotopic (exact) mass is 772 g/mol. The quantitative estimate of drug-likeness (QED) is 0.0912. The van der Waals surface area contributed by atoms with E-state index in [-0.39, 0.29) is 65.6 Å². The Morgan fingerprint density at radius 3 is 2.11 bits per heavy atom. The van der Waals surface area contributed by atoms with Gasteiger partial charge in [-0.25, -0.2) is 32.6 Å². The number of carbonyl (C=O) groups excluding carboxylic acids is 4. The first-order valence-corrected chi connectivity index (χ1v) is 16.6. The summed E-state index contributed by atoms with van der Waals surface area (Å²) in [7, 11) is 2.26. The summed E-state index contributed by atoms with van der Waals surface area (Å²) in [6, 6.07) is 11.4. The Morgan fingerprint density at radius 1 is 0.873 bits per heavy atom. The molecule has 17 heteroatoms. The minimum absolute atomic E-state index is 0.0437. The third-order valence-electron chi connectivity index (χ3n) is 8.30. The number of ether oxygens (including phenoxy) is 3. The van der Waals surface area contributed by atoms with Gasteiger partial charge in [-0.15, -0.1) is 0 Å². The molecule has 55 heavy (non-hydrogen) atoms. The van der Waals surface area contributed by atoms with Crippen LogP contribution < -0.4 is 15.0 Å². The van der Waals surface area contributed by atoms with Crippen LogP contribution in [0.25, 0.3) is 0 Å². The van der Waals surface area contributed by atoms with E-state index in [1.54, 1.807) is 32.9 Å². The minimum Gasteiger partial charge on any atom is -0.481 e. The van der Waals surface area contributed by atoms with Crippen LogP contribution in [0.4, 0.5) is 48.2 Å². The molecule has 0 saturated carbocycles. The smallest absolute Gasteiger partial charge is 0.419 e. The van der Waals surface area contributed by atoms with Crippen LogP contribution in [0, 0.1) is 17.5 Å². The fourth-order valence-corrected chi connectivity index (χ4v) is 5.78. The van der Waals surface area contributed by atoms with Crippen molar-refractivity contribution in [2.75, 3.05) is 31.0 Å². The molecule has 4 aromatic rings. The molecule has 0 fully saturated rings. The van der Waals surface area contributed by atoms with Gasteiger partial charge in [0.15, 0.2) is 11.6 Å². The van der Waals surface area contributed by atoms with Crippen LogP contribution in [-0.2, 0) is 28.6 Å². The van der Waals surface area contributed by atoms with Gasteiger partial charge in [-0.1, -0.05) is 12.1 Å². The minimum atomic E-state index is -5.17. The number of methoxy groups -OCH3 is 2. The molecule has 0 aliphatic carbocycles. The molecule has 1 aliphatic rings. The lowest BCUT2D eigenvalue weighted by Crippen LogP contribution is -2.38. The lowest BCUT2D eigenvalue weighted by molar-refractivity contribution is -0.140. The average molecular weight is 773 g/mol. The number of anilines is 3. The van der Waals surface area contributed by atoms with Crippen LogP contribution in [0.2, 0.25) is 0 Å².